The lowest BCUT2D eigenvalue weighted by molar-refractivity contribution is 0.0931. The molecule has 3 N–H and O–H groups in total. The Morgan fingerprint density at radius 3 is 2.52 bits per heavy atom. The summed E-state index contributed by atoms with van der Waals surface area (Å²) in [5, 5.41) is 21.7. The van der Waals surface area contributed by atoms with Crippen molar-refractivity contribution in [3.63, 3.8) is 0 Å². The summed E-state index contributed by atoms with van der Waals surface area (Å²) in [6.07, 6.45) is 0.572. The van der Waals surface area contributed by atoms with Crippen molar-refractivity contribution in [2.45, 2.75) is 26.3 Å². The van der Waals surface area contributed by atoms with E-state index < -0.39 is 0 Å². The Kier molecular flexibility index (Phi) is 4.21. The van der Waals surface area contributed by atoms with E-state index in [-0.39, 0.29) is 23.4 Å². The van der Waals surface area contributed by atoms with Gasteiger partial charge in [0.15, 0.2) is 11.5 Å². The molecule has 1 heterocycles. The van der Waals surface area contributed by atoms with Crippen LogP contribution in [0.5, 0.6) is 11.5 Å². The molecule has 1 aromatic carbocycles. The van der Waals surface area contributed by atoms with Crippen molar-refractivity contribution in [1.82, 2.24) is 9.88 Å². The molecule has 2 rings (SSSR count). The number of hydrogen-bond acceptors (Lipinski definition) is 3. The lowest BCUT2D eigenvalue weighted by atomic mass is 10.1. The van der Waals surface area contributed by atoms with Crippen LogP contribution in [-0.4, -0.2) is 26.7 Å². The molecule has 1 amide bonds. The summed E-state index contributed by atoms with van der Waals surface area (Å²) in [5.41, 5.74) is 2.49. The van der Waals surface area contributed by atoms with Crippen molar-refractivity contribution in [1.29, 1.82) is 0 Å². The zero-order valence-corrected chi connectivity index (χ0v) is 12.4. The van der Waals surface area contributed by atoms with E-state index in [1.165, 1.54) is 12.1 Å². The Labute approximate surface area is 123 Å². The summed E-state index contributed by atoms with van der Waals surface area (Å²) in [6.45, 7) is 3.84. The molecule has 5 nitrogen and oxygen atoms in total. The van der Waals surface area contributed by atoms with Gasteiger partial charge in [-0.2, -0.15) is 0 Å². The predicted octanol–water partition coefficient (Wildman–Crippen LogP) is 2.11. The first-order valence-electron chi connectivity index (χ1n) is 6.82. The van der Waals surface area contributed by atoms with E-state index in [4.69, 9.17) is 0 Å². The monoisotopic (exact) mass is 288 g/mol. The van der Waals surface area contributed by atoms with Gasteiger partial charge in [0.2, 0.25) is 0 Å². The second-order valence-electron chi connectivity index (χ2n) is 5.32. The van der Waals surface area contributed by atoms with Crippen LogP contribution in [0.1, 0.15) is 28.7 Å². The van der Waals surface area contributed by atoms with Gasteiger partial charge in [0, 0.05) is 18.8 Å². The number of aromatic nitrogens is 1. The van der Waals surface area contributed by atoms with Gasteiger partial charge < -0.3 is 20.1 Å². The number of nitrogens with one attached hydrogen (secondary N) is 1. The summed E-state index contributed by atoms with van der Waals surface area (Å²) < 4.78 is 1.84. The van der Waals surface area contributed by atoms with Gasteiger partial charge in [-0.3, -0.25) is 4.79 Å². The maximum atomic E-state index is 12.2. The quantitative estimate of drug-likeness (QED) is 0.754. The SMILES string of the molecule is Cc1ccc(C(=O)N[C@H](C)Cc2ccc(O)c(O)c2)n1C. The highest BCUT2D eigenvalue weighted by molar-refractivity contribution is 5.93. The van der Waals surface area contributed by atoms with Gasteiger partial charge >= 0.3 is 0 Å². The molecular formula is C16H20N2O3. The lowest BCUT2D eigenvalue weighted by Crippen LogP contribution is -2.35. The summed E-state index contributed by atoms with van der Waals surface area (Å²) >= 11 is 0. The highest BCUT2D eigenvalue weighted by Crippen LogP contribution is 2.25. The Morgan fingerprint density at radius 1 is 1.24 bits per heavy atom. The van der Waals surface area contributed by atoms with Crippen molar-refractivity contribution in [3.8, 4) is 11.5 Å². The van der Waals surface area contributed by atoms with Crippen LogP contribution in [0.25, 0.3) is 0 Å². The van der Waals surface area contributed by atoms with Crippen LogP contribution in [0, 0.1) is 6.92 Å². The molecule has 0 spiro atoms. The van der Waals surface area contributed by atoms with Crippen LogP contribution in [0.15, 0.2) is 30.3 Å². The Balaban J connectivity index is 2.01. The molecule has 0 aliphatic rings. The van der Waals surface area contributed by atoms with Crippen molar-refractivity contribution >= 4 is 5.91 Å². The van der Waals surface area contributed by atoms with Gasteiger partial charge in [-0.15, -0.1) is 0 Å². The Bertz CT molecular complexity index is 662. The third-order valence-corrected chi connectivity index (χ3v) is 3.56. The van der Waals surface area contributed by atoms with Gasteiger partial charge in [-0.1, -0.05) is 6.07 Å². The summed E-state index contributed by atoms with van der Waals surface area (Å²) in [7, 11) is 1.85. The van der Waals surface area contributed by atoms with Gasteiger partial charge in [0.05, 0.1) is 0 Å². The first kappa shape index (κ1) is 15.0. The van der Waals surface area contributed by atoms with Crippen molar-refractivity contribution in [2.75, 3.05) is 0 Å². The number of aryl methyl sites for hydroxylation is 1. The minimum absolute atomic E-state index is 0.0864. The van der Waals surface area contributed by atoms with Crippen LogP contribution in [0.3, 0.4) is 0 Å². The molecule has 0 saturated carbocycles. The summed E-state index contributed by atoms with van der Waals surface area (Å²) in [4.78, 5) is 12.2. The molecule has 0 fully saturated rings. The van der Waals surface area contributed by atoms with E-state index in [0.29, 0.717) is 12.1 Å². The van der Waals surface area contributed by atoms with Crippen molar-refractivity contribution in [3.05, 3.63) is 47.3 Å². The van der Waals surface area contributed by atoms with Crippen LogP contribution in [-0.2, 0) is 13.5 Å². The molecule has 0 aliphatic heterocycles. The van der Waals surface area contributed by atoms with Crippen LogP contribution >= 0.6 is 0 Å². The van der Waals surface area contributed by atoms with Gasteiger partial charge in [-0.05, 0) is 50.1 Å². The zero-order chi connectivity index (χ0) is 15.6. The standard InChI is InChI=1S/C16H20N2O3/c1-10(8-12-5-7-14(19)15(20)9-12)17-16(21)13-6-4-11(2)18(13)3/h4-7,9-10,19-20H,8H2,1-3H3,(H,17,21)/t10-/m1/s1. The summed E-state index contributed by atoms with van der Waals surface area (Å²) in [5.74, 6) is -0.417. The van der Waals surface area contributed by atoms with Crippen LogP contribution < -0.4 is 5.32 Å². The Morgan fingerprint density at radius 2 is 1.95 bits per heavy atom. The number of nitrogens with zero attached hydrogens (tertiary/aromatic N) is 1. The lowest BCUT2D eigenvalue weighted by Gasteiger charge is -2.15. The molecule has 0 saturated heterocycles. The van der Waals surface area contributed by atoms with E-state index in [2.05, 4.69) is 5.32 Å². The Hall–Kier alpha value is -2.43. The van der Waals surface area contributed by atoms with E-state index in [9.17, 15) is 15.0 Å². The number of phenolic OH excluding ortho intramolecular Hbond substituents is 2. The second-order valence-corrected chi connectivity index (χ2v) is 5.32. The van der Waals surface area contributed by atoms with Crippen LogP contribution in [0.2, 0.25) is 0 Å². The smallest absolute Gasteiger partial charge is 0.268 e. The maximum absolute atomic E-state index is 12.2. The number of rotatable bonds is 4. The largest absolute Gasteiger partial charge is 0.504 e. The molecule has 112 valence electrons. The first-order chi connectivity index (χ1) is 9.88. The molecule has 2 aromatic rings. The number of benzene rings is 1. The topological polar surface area (TPSA) is 74.5 Å². The molecule has 0 aliphatic carbocycles. The van der Waals surface area contributed by atoms with Gasteiger partial charge in [0.25, 0.3) is 5.91 Å². The molecule has 5 heteroatoms. The molecule has 1 aromatic heterocycles. The molecular weight excluding hydrogens is 268 g/mol. The minimum atomic E-state index is -0.149. The van der Waals surface area contributed by atoms with E-state index in [1.54, 1.807) is 12.1 Å². The second kappa shape index (κ2) is 5.91. The highest BCUT2D eigenvalue weighted by atomic mass is 16.3. The van der Waals surface area contributed by atoms with E-state index >= 15 is 0 Å². The fraction of sp³-hybridized carbons (Fsp3) is 0.312. The van der Waals surface area contributed by atoms with Crippen molar-refractivity contribution < 1.29 is 15.0 Å². The number of carbonyl (C=O) groups is 1. The summed E-state index contributed by atoms with van der Waals surface area (Å²) in [6, 6.07) is 8.28. The first-order valence-corrected chi connectivity index (χ1v) is 6.82. The van der Waals surface area contributed by atoms with Crippen molar-refractivity contribution in [2.24, 2.45) is 7.05 Å². The molecule has 0 unspecified atom stereocenters. The minimum Gasteiger partial charge on any atom is -0.504 e. The third-order valence-electron chi connectivity index (χ3n) is 3.56. The highest BCUT2D eigenvalue weighted by Gasteiger charge is 2.14. The molecule has 21 heavy (non-hydrogen) atoms. The number of hydrogen-bond donors (Lipinski definition) is 3. The fourth-order valence-corrected chi connectivity index (χ4v) is 2.24. The number of carbonyl (C=O) groups excluding carboxylic acids is 1. The number of aromatic hydroxyl groups is 2. The maximum Gasteiger partial charge on any atom is 0.268 e. The fourth-order valence-electron chi connectivity index (χ4n) is 2.24. The molecule has 0 radical (unpaired) electrons. The van der Waals surface area contributed by atoms with Crippen LogP contribution in [0.4, 0.5) is 0 Å². The third kappa shape index (κ3) is 3.37. The van der Waals surface area contributed by atoms with Gasteiger partial charge in [-0.25, -0.2) is 0 Å². The average Bonchev–Trinajstić information content (AvgIpc) is 2.74. The molecule has 1 atom stereocenters. The number of phenols is 2. The molecule has 0 bridgehead atoms. The average molecular weight is 288 g/mol. The van der Waals surface area contributed by atoms with Gasteiger partial charge in [0.1, 0.15) is 5.69 Å². The number of amides is 1. The van der Waals surface area contributed by atoms with E-state index in [1.807, 2.05) is 31.5 Å². The normalized spacial score (nSPS) is 12.1. The zero-order valence-electron chi connectivity index (χ0n) is 12.4. The predicted molar refractivity (Wildman–Crippen MR) is 80.6 cm³/mol. The van der Waals surface area contributed by atoms with E-state index in [0.717, 1.165) is 11.3 Å².